The Labute approximate surface area is 811 Å². The molecule has 3 aromatic heterocycles. The average molecular weight is 1950 g/mol. The highest BCUT2D eigenvalue weighted by Gasteiger charge is 2.51. The van der Waals surface area contributed by atoms with Gasteiger partial charge in [0, 0.05) is 135 Å². The average Bonchev–Trinajstić information content (AvgIpc) is 0.857. The molecule has 3 saturated carbocycles. The van der Waals surface area contributed by atoms with E-state index in [1.54, 1.807) is 18.2 Å². The number of fused-ring (bicyclic) bond motifs is 11. The van der Waals surface area contributed by atoms with Crippen molar-refractivity contribution in [3.63, 3.8) is 0 Å². The molecule has 0 N–H and O–H groups in total. The van der Waals surface area contributed by atoms with E-state index in [1.807, 2.05) is 59.5 Å². The highest BCUT2D eigenvalue weighted by atomic mass is 35.5. The largest absolute Gasteiger partial charge is 0.461 e. The Morgan fingerprint density at radius 3 is 1.23 bits per heavy atom. The number of benzene rings is 6. The molecule has 3 amide bonds. The summed E-state index contributed by atoms with van der Waals surface area (Å²) >= 11 is 19.5. The Morgan fingerprint density at radius 1 is 0.471 bits per heavy atom. The van der Waals surface area contributed by atoms with E-state index in [9.17, 15) is 40.7 Å². The van der Waals surface area contributed by atoms with Crippen LogP contribution >= 0.6 is 34.8 Å². The third-order valence-electron chi connectivity index (χ3n) is 29.6. The van der Waals surface area contributed by atoms with E-state index in [0.29, 0.717) is 182 Å². The highest BCUT2D eigenvalue weighted by molar-refractivity contribution is 6.38. The molecule has 138 heavy (non-hydrogen) atoms. The third kappa shape index (κ3) is 18.8. The molecule has 3 aliphatic carbocycles. The number of amides is 3. The lowest BCUT2D eigenvalue weighted by Crippen LogP contribution is -2.57. The highest BCUT2D eigenvalue weighted by Crippen LogP contribution is 2.48. The molecule has 6 aromatic carbocycles. The van der Waals surface area contributed by atoms with Gasteiger partial charge in [-0.3, -0.25) is 19.3 Å². The van der Waals surface area contributed by atoms with Crippen LogP contribution in [0.5, 0.6) is 18.0 Å². The molecule has 13 aliphatic rings. The van der Waals surface area contributed by atoms with E-state index >= 15 is 0 Å². The second-order valence-corrected chi connectivity index (χ2v) is 39.2. The van der Waals surface area contributed by atoms with E-state index in [0.717, 1.165) is 124 Å². The number of aromatic nitrogens is 6. The number of hydrogen-bond acceptors (Lipinski definition) is 22. The molecule has 37 heteroatoms. The van der Waals surface area contributed by atoms with E-state index in [1.165, 1.54) is 45.7 Å². The molecule has 6 atom stereocenters. The van der Waals surface area contributed by atoms with E-state index in [4.69, 9.17) is 108 Å². The molecule has 10 aliphatic heterocycles. The molecule has 0 spiro atoms. The van der Waals surface area contributed by atoms with E-state index < -0.39 is 76.3 Å². The predicted molar refractivity (Wildman–Crippen MR) is 514 cm³/mol. The number of rotatable bonds is 20. The zero-order valence-corrected chi connectivity index (χ0v) is 78.9. The van der Waals surface area contributed by atoms with Crippen LogP contribution in [-0.4, -0.2) is 259 Å². The standard InChI is InChI=1S/C35H38ClF2N7O2.C34H35ClF2N6O2.C32H32ClF2N7O4/c1-22-16-35(11-5-12-44(35)18-22)21-47-34-40-28-20-42(29-7-4-6-24-8-9-27(38)31(36)30(24)29)13-10-26(28)32(41-34)43-14-15-45(33(46)23(2)37)25(19-43)17-39-3;1-20(36)33(44)43-15-14-42(18-24(43)17-38-2)32-25-12-13-41(28-5-3-4-23-10-11-26(37)31(35)30(23)28)19-27(25)39-34(40-32)45-29-16-21-6-8-22(29)9-7-21;1-20(34)30(43)42-11-10-40(13-22(42)12-36-2)29-23-8-9-39(26-5-3-4-21-6-7-24(35)28(33)27(21)26)14-25(23)37-31(38-29)46-17-32-15-44-18-41(32)19-45-16-32/h4,6-9,22,25H,2,5,10-21H2,1H3;3-5,10-11,21-22,24,29H,1,6-9,12-19H2;3-7,22H,1,8-19H2/t22-,25+,35?;21?,22?,24-,29?;22-/m100/s1. The first-order valence-electron chi connectivity index (χ1n) is 47.1. The summed E-state index contributed by atoms with van der Waals surface area (Å²) in [7, 11) is 0. The van der Waals surface area contributed by atoms with Gasteiger partial charge in [0.15, 0.2) is 17.5 Å². The van der Waals surface area contributed by atoms with Crippen LogP contribution in [0.15, 0.2) is 128 Å². The topological polar surface area (TPSA) is 223 Å². The summed E-state index contributed by atoms with van der Waals surface area (Å²) in [5, 5.41) is 4.78. The lowest BCUT2D eigenvalue weighted by Gasteiger charge is -2.42. The number of nitrogens with zero attached hydrogens (tertiary/aromatic N) is 20. The molecule has 28 nitrogen and oxygen atoms in total. The van der Waals surface area contributed by atoms with Gasteiger partial charge in [0.1, 0.15) is 91.3 Å². The summed E-state index contributed by atoms with van der Waals surface area (Å²) < 4.78 is 116. The Balaban J connectivity index is 0.000000132. The maximum absolute atomic E-state index is 14.6. The van der Waals surface area contributed by atoms with Crippen molar-refractivity contribution in [2.45, 2.75) is 132 Å². The van der Waals surface area contributed by atoms with Gasteiger partial charge in [0.2, 0.25) is 19.6 Å². The van der Waals surface area contributed by atoms with E-state index in [2.05, 4.69) is 75.5 Å². The number of carbonyl (C=O) groups excluding carboxylic acids is 3. The first-order valence-corrected chi connectivity index (χ1v) is 48.2. The van der Waals surface area contributed by atoms with Crippen molar-refractivity contribution >= 4 is 119 Å². The molecule has 9 aromatic rings. The van der Waals surface area contributed by atoms with Crippen LogP contribution in [-0.2, 0) is 62.8 Å². The predicted octanol–water partition coefficient (Wildman–Crippen LogP) is 15.8. The second-order valence-electron chi connectivity index (χ2n) is 38.1. The van der Waals surface area contributed by atoms with Crippen LogP contribution in [0.4, 0.5) is 60.9 Å². The molecule has 720 valence electrons. The monoisotopic (exact) mass is 1940 g/mol. The summed E-state index contributed by atoms with van der Waals surface area (Å²) in [6, 6.07) is 26.0. The number of piperazine rings is 3. The summed E-state index contributed by atoms with van der Waals surface area (Å²) in [6.45, 7) is 45.1. The van der Waals surface area contributed by atoms with Crippen molar-refractivity contribution in [3.8, 4) is 18.0 Å². The molecule has 2 unspecified atom stereocenters. The van der Waals surface area contributed by atoms with Crippen molar-refractivity contribution in [2.24, 2.45) is 17.8 Å². The van der Waals surface area contributed by atoms with Gasteiger partial charge >= 0.3 is 18.0 Å². The third-order valence-corrected chi connectivity index (χ3v) is 30.8. The van der Waals surface area contributed by atoms with Gasteiger partial charge in [-0.05, 0) is 147 Å². The number of ether oxygens (including phenoxy) is 5. The Morgan fingerprint density at radius 2 is 0.855 bits per heavy atom. The molecule has 10 fully saturated rings. The first kappa shape index (κ1) is 94.9. The van der Waals surface area contributed by atoms with Crippen LogP contribution in [0.3, 0.4) is 0 Å². The van der Waals surface area contributed by atoms with Gasteiger partial charge in [0.05, 0.1) is 70.5 Å². The van der Waals surface area contributed by atoms with Crippen molar-refractivity contribution in [3.05, 3.63) is 229 Å². The summed E-state index contributed by atoms with van der Waals surface area (Å²) in [4.78, 5) is 99.4. The van der Waals surface area contributed by atoms with Gasteiger partial charge in [-0.2, -0.15) is 29.9 Å². The minimum Gasteiger partial charge on any atom is -0.461 e. The fraction of sp³-hybridized carbons (Fsp3) is 0.465. The van der Waals surface area contributed by atoms with Crippen LogP contribution in [0.2, 0.25) is 15.1 Å². The molecule has 22 rings (SSSR count). The van der Waals surface area contributed by atoms with Crippen LogP contribution in [0.25, 0.3) is 46.9 Å². The number of carbonyl (C=O) groups is 3. The number of anilines is 6. The zero-order chi connectivity index (χ0) is 96.1. The van der Waals surface area contributed by atoms with Gasteiger partial charge in [-0.25, -0.2) is 51.0 Å². The van der Waals surface area contributed by atoms with Crippen LogP contribution in [0.1, 0.15) is 92.1 Å². The summed E-state index contributed by atoms with van der Waals surface area (Å²) in [6.07, 6.45) is 11.0. The van der Waals surface area contributed by atoms with Crippen LogP contribution in [0, 0.1) is 54.9 Å². The zero-order valence-electron chi connectivity index (χ0n) is 76.6. The lowest BCUT2D eigenvalue weighted by atomic mass is 9.69. The van der Waals surface area contributed by atoms with Crippen LogP contribution < -0.4 is 43.6 Å². The minimum absolute atomic E-state index is 0.0106. The Kier molecular flexibility index (Phi) is 27.5. The SMILES string of the molecule is [C-]#[N+]C[C@H]1CN(c2nc(OC3CC4CCC3CC4)nc3c2CCN(c2cccc4ccc(F)c(Cl)c24)C3)CCN1C(=O)C(=C)F.[C-]#[N+]C[C@H]1CN(c2nc(OCC34CCCN3C[C@H](C)C4)nc3c2CCN(c2cccc4ccc(F)c(Cl)c24)C3)CCN1C(=O)C(=C)F.[C-]#[N+]C[C@H]1CN(c2nc(OCC34COCN3COC4)nc3c2CCN(c2cccc4ccc(F)c(Cl)c24)C3)CCN1C(=O)C(=C)F. The fourth-order valence-corrected chi connectivity index (χ4v) is 23.6. The van der Waals surface area contributed by atoms with Crippen molar-refractivity contribution in [2.75, 3.05) is 181 Å². The molecule has 0 radical (unpaired) electrons. The molecular formula is C101H105Cl3F6N20O8. The normalized spacial score (nSPS) is 23.2. The Bertz CT molecular complexity index is 6430. The number of halogens is 9. The molecule has 7 saturated heterocycles. The van der Waals surface area contributed by atoms with Crippen molar-refractivity contribution < 1.29 is 64.4 Å². The minimum atomic E-state index is -1.05. The van der Waals surface area contributed by atoms with Gasteiger partial charge in [-0.1, -0.05) is 116 Å². The van der Waals surface area contributed by atoms with E-state index in [-0.39, 0.29) is 85.1 Å². The fourth-order valence-electron chi connectivity index (χ4n) is 22.8. The molecular weight excluding hydrogens is 1840 g/mol. The molecule has 13 heterocycles. The maximum Gasteiger partial charge on any atom is 0.318 e. The van der Waals surface area contributed by atoms with Gasteiger partial charge in [-0.15, -0.1) is 0 Å². The maximum atomic E-state index is 14.6. The van der Waals surface area contributed by atoms with Gasteiger partial charge in [0.25, 0.3) is 17.7 Å². The quantitative estimate of drug-likeness (QED) is 0.0393. The summed E-state index contributed by atoms with van der Waals surface area (Å²) in [5.41, 5.74) is 7.26. The van der Waals surface area contributed by atoms with Crippen molar-refractivity contribution in [1.29, 1.82) is 0 Å². The second kappa shape index (κ2) is 40.0. The smallest absolute Gasteiger partial charge is 0.318 e. The first-order chi connectivity index (χ1) is 66.7. The van der Waals surface area contributed by atoms with Crippen molar-refractivity contribution in [1.82, 2.24) is 54.4 Å². The Hall–Kier alpha value is -12.1. The van der Waals surface area contributed by atoms with Gasteiger partial charge < -0.3 is 82.3 Å². The summed E-state index contributed by atoms with van der Waals surface area (Å²) in [5.74, 6) is -2.99. The lowest BCUT2D eigenvalue weighted by molar-refractivity contribution is -0.131. The molecule has 2 bridgehead atoms. The number of hydrogen-bond donors (Lipinski definition) is 0.